The Morgan fingerprint density at radius 1 is 1.29 bits per heavy atom. The molecule has 0 amide bonds. The van der Waals surface area contributed by atoms with Crippen LogP contribution < -0.4 is 16.6 Å². The van der Waals surface area contributed by atoms with Crippen molar-refractivity contribution in [2.75, 3.05) is 10.7 Å². The summed E-state index contributed by atoms with van der Waals surface area (Å²) in [6.45, 7) is 9.01. The van der Waals surface area contributed by atoms with Crippen LogP contribution >= 0.6 is 15.9 Å². The Hall–Kier alpha value is -0.880. The minimum atomic E-state index is 0.258. The Morgan fingerprint density at radius 2 is 1.88 bits per heavy atom. The van der Waals surface area contributed by atoms with Gasteiger partial charge in [0.2, 0.25) is 5.95 Å². The van der Waals surface area contributed by atoms with Gasteiger partial charge in [-0.1, -0.05) is 27.7 Å². The lowest BCUT2D eigenvalue weighted by Gasteiger charge is -2.10. The molecule has 1 heterocycles. The number of rotatable bonds is 3. The predicted molar refractivity (Wildman–Crippen MR) is 72.5 cm³/mol. The van der Waals surface area contributed by atoms with E-state index in [9.17, 15) is 0 Å². The van der Waals surface area contributed by atoms with E-state index < -0.39 is 0 Å². The first-order valence-electron chi connectivity index (χ1n) is 5.56. The van der Waals surface area contributed by atoms with Crippen molar-refractivity contribution in [3.63, 3.8) is 0 Å². The topological polar surface area (TPSA) is 75.9 Å². The number of hydrogen-bond donors (Lipinski definition) is 3. The van der Waals surface area contributed by atoms with Crippen molar-refractivity contribution < 1.29 is 0 Å². The number of hydrazine groups is 1. The number of nitrogens with one attached hydrogen (secondary N) is 2. The van der Waals surface area contributed by atoms with E-state index in [0.29, 0.717) is 12.0 Å². The Labute approximate surface area is 110 Å². The van der Waals surface area contributed by atoms with Gasteiger partial charge in [-0.3, -0.25) is 5.43 Å². The molecule has 1 aromatic heterocycles. The van der Waals surface area contributed by atoms with Crippen LogP contribution in [-0.2, 0) is 0 Å². The van der Waals surface area contributed by atoms with E-state index in [1.165, 1.54) is 0 Å². The third kappa shape index (κ3) is 1.89. The average molecular weight is 300 g/mol. The molecule has 0 atom stereocenters. The van der Waals surface area contributed by atoms with Crippen LogP contribution in [0, 0.1) is 10.8 Å². The molecule has 1 saturated carbocycles. The van der Waals surface area contributed by atoms with Crippen LogP contribution in [-0.4, -0.2) is 16.0 Å². The lowest BCUT2D eigenvalue weighted by molar-refractivity contribution is 0.457. The Kier molecular flexibility index (Phi) is 2.82. The summed E-state index contributed by atoms with van der Waals surface area (Å²) in [5, 5.41) is 3.45. The van der Waals surface area contributed by atoms with Crippen molar-refractivity contribution in [3.8, 4) is 0 Å². The molecule has 1 aliphatic carbocycles. The largest absolute Gasteiger partial charge is 0.365 e. The van der Waals surface area contributed by atoms with Gasteiger partial charge in [-0.05, 0) is 26.8 Å². The minimum absolute atomic E-state index is 0.258. The van der Waals surface area contributed by atoms with Crippen LogP contribution in [0.2, 0.25) is 0 Å². The number of halogens is 1. The van der Waals surface area contributed by atoms with Crippen LogP contribution in [0.5, 0.6) is 0 Å². The molecule has 0 saturated heterocycles. The highest BCUT2D eigenvalue weighted by molar-refractivity contribution is 9.10. The van der Waals surface area contributed by atoms with Crippen molar-refractivity contribution in [2.45, 2.75) is 33.7 Å². The van der Waals surface area contributed by atoms with E-state index in [4.69, 9.17) is 5.84 Å². The third-order valence-electron chi connectivity index (χ3n) is 4.17. The highest BCUT2D eigenvalue weighted by atomic mass is 79.9. The van der Waals surface area contributed by atoms with Gasteiger partial charge in [-0.15, -0.1) is 0 Å². The van der Waals surface area contributed by atoms with Gasteiger partial charge in [0, 0.05) is 12.2 Å². The second-order valence-electron chi connectivity index (χ2n) is 5.56. The van der Waals surface area contributed by atoms with Gasteiger partial charge in [0.05, 0.1) is 4.47 Å². The van der Waals surface area contributed by atoms with E-state index in [1.54, 1.807) is 6.20 Å². The summed E-state index contributed by atoms with van der Waals surface area (Å²) >= 11 is 3.43. The molecule has 0 unspecified atom stereocenters. The molecule has 1 aromatic rings. The van der Waals surface area contributed by atoms with Crippen LogP contribution in [0.4, 0.5) is 11.8 Å². The molecule has 5 nitrogen and oxygen atoms in total. The zero-order chi connectivity index (χ0) is 12.8. The fraction of sp³-hybridized carbons (Fsp3) is 0.636. The number of nitrogen functional groups attached to an aromatic ring is 1. The molecule has 1 aliphatic rings. The Bertz CT molecular complexity index is 429. The molecule has 17 heavy (non-hydrogen) atoms. The first-order chi connectivity index (χ1) is 7.80. The highest BCUT2D eigenvalue weighted by Crippen LogP contribution is 2.63. The summed E-state index contributed by atoms with van der Waals surface area (Å²) < 4.78 is 0.843. The van der Waals surface area contributed by atoms with E-state index in [0.717, 1.165) is 10.3 Å². The molecule has 94 valence electrons. The number of hydrogen-bond acceptors (Lipinski definition) is 5. The number of anilines is 2. The molecule has 0 radical (unpaired) electrons. The summed E-state index contributed by atoms with van der Waals surface area (Å²) in [5.74, 6) is 6.49. The zero-order valence-electron chi connectivity index (χ0n) is 10.5. The third-order valence-corrected chi connectivity index (χ3v) is 4.76. The Balaban J connectivity index is 2.21. The van der Waals surface area contributed by atoms with Gasteiger partial charge in [-0.2, -0.15) is 4.98 Å². The normalized spacial score (nSPS) is 21.1. The lowest BCUT2D eigenvalue weighted by Crippen LogP contribution is -2.15. The monoisotopic (exact) mass is 299 g/mol. The van der Waals surface area contributed by atoms with Crippen molar-refractivity contribution in [2.24, 2.45) is 16.7 Å². The summed E-state index contributed by atoms with van der Waals surface area (Å²) in [6.07, 6.45) is 1.69. The maximum absolute atomic E-state index is 5.30. The van der Waals surface area contributed by atoms with E-state index in [1.807, 2.05) is 0 Å². The van der Waals surface area contributed by atoms with Gasteiger partial charge in [0.1, 0.15) is 5.82 Å². The standard InChI is InChI=1S/C11H18BrN5/c1-10(2)8(11(10,3)4)15-7-6(12)5-14-9(16-7)17-13/h5,8H,13H2,1-4H3,(H2,14,15,16,17). The smallest absolute Gasteiger partial charge is 0.239 e. The Morgan fingerprint density at radius 3 is 2.35 bits per heavy atom. The van der Waals surface area contributed by atoms with E-state index >= 15 is 0 Å². The second-order valence-corrected chi connectivity index (χ2v) is 6.41. The molecule has 0 aliphatic heterocycles. The summed E-state index contributed by atoms with van der Waals surface area (Å²) in [7, 11) is 0. The zero-order valence-corrected chi connectivity index (χ0v) is 12.1. The maximum Gasteiger partial charge on any atom is 0.239 e. The number of nitrogens with two attached hydrogens (primary N) is 1. The van der Waals surface area contributed by atoms with Crippen LogP contribution in [0.1, 0.15) is 27.7 Å². The van der Waals surface area contributed by atoms with Crippen molar-refractivity contribution >= 4 is 27.7 Å². The quantitative estimate of drug-likeness (QED) is 0.590. The van der Waals surface area contributed by atoms with Gasteiger partial charge < -0.3 is 5.32 Å². The SMILES string of the molecule is CC1(C)C(Nc2nc(NN)ncc2Br)C1(C)C. The second kappa shape index (κ2) is 3.81. The molecular weight excluding hydrogens is 282 g/mol. The van der Waals surface area contributed by atoms with Crippen molar-refractivity contribution in [3.05, 3.63) is 10.7 Å². The highest BCUT2D eigenvalue weighted by Gasteiger charge is 2.65. The molecule has 0 aromatic carbocycles. The van der Waals surface area contributed by atoms with E-state index in [-0.39, 0.29) is 10.8 Å². The molecule has 6 heteroatoms. The maximum atomic E-state index is 5.30. The van der Waals surface area contributed by atoms with Crippen LogP contribution in [0.25, 0.3) is 0 Å². The summed E-state index contributed by atoms with van der Waals surface area (Å²) in [5.41, 5.74) is 2.96. The van der Waals surface area contributed by atoms with E-state index in [2.05, 4.69) is 64.3 Å². The van der Waals surface area contributed by atoms with Gasteiger partial charge >= 0.3 is 0 Å². The average Bonchev–Trinajstić information content (AvgIpc) is 2.64. The van der Waals surface area contributed by atoms with Crippen LogP contribution in [0.3, 0.4) is 0 Å². The molecule has 0 bridgehead atoms. The van der Waals surface area contributed by atoms with Crippen LogP contribution in [0.15, 0.2) is 10.7 Å². The molecule has 2 rings (SSSR count). The minimum Gasteiger partial charge on any atom is -0.365 e. The summed E-state index contributed by atoms with van der Waals surface area (Å²) in [6, 6.07) is 0.395. The van der Waals surface area contributed by atoms with Gasteiger partial charge in [-0.25, -0.2) is 10.8 Å². The fourth-order valence-corrected chi connectivity index (χ4v) is 2.54. The first kappa shape index (κ1) is 12.6. The molecule has 0 spiro atoms. The predicted octanol–water partition coefficient (Wildman–Crippen LogP) is 2.37. The number of nitrogens with zero attached hydrogens (tertiary/aromatic N) is 2. The fourth-order valence-electron chi connectivity index (χ4n) is 2.23. The number of aromatic nitrogens is 2. The molecule has 4 N–H and O–H groups in total. The molecular formula is C11H18BrN5. The van der Waals surface area contributed by atoms with Gasteiger partial charge in [0.25, 0.3) is 0 Å². The van der Waals surface area contributed by atoms with Crippen molar-refractivity contribution in [1.82, 2.24) is 9.97 Å². The first-order valence-corrected chi connectivity index (χ1v) is 6.35. The lowest BCUT2D eigenvalue weighted by atomic mass is 10.0. The molecule has 1 fully saturated rings. The van der Waals surface area contributed by atoms with Crippen molar-refractivity contribution in [1.29, 1.82) is 0 Å². The van der Waals surface area contributed by atoms with Gasteiger partial charge in [0.15, 0.2) is 0 Å². The summed E-state index contributed by atoms with van der Waals surface area (Å²) in [4.78, 5) is 8.32.